The predicted molar refractivity (Wildman–Crippen MR) is 38.9 cm³/mol. The molecule has 0 spiro atoms. The van der Waals surface area contributed by atoms with Crippen LogP contribution in [0.1, 0.15) is 19.8 Å². The summed E-state index contributed by atoms with van der Waals surface area (Å²) in [5, 5.41) is 3.24. The van der Waals surface area contributed by atoms with Crippen LogP contribution in [0.5, 0.6) is 0 Å². The van der Waals surface area contributed by atoms with Crippen LogP contribution in [0, 0.1) is 0 Å². The van der Waals surface area contributed by atoms with E-state index in [2.05, 4.69) is 23.8 Å². The predicted octanol–water partition coefficient (Wildman–Crippen LogP) is 1.45. The Morgan fingerprint density at radius 3 is 2.67 bits per heavy atom. The third kappa shape index (κ3) is 3.70. The Hall–Kier alpha value is -0.860. The molecule has 3 heteroatoms. The Labute approximate surface area is 55.4 Å². The molecule has 0 atom stereocenters. The van der Waals surface area contributed by atoms with Gasteiger partial charge in [-0.25, -0.2) is 0 Å². The van der Waals surface area contributed by atoms with Crippen LogP contribution < -0.4 is 0 Å². The van der Waals surface area contributed by atoms with E-state index >= 15 is 0 Å². The first-order valence-electron chi connectivity index (χ1n) is 2.93. The Balaban J connectivity index is 3.55. The number of hydrogen-bond donors (Lipinski definition) is 0. The third-order valence-electron chi connectivity index (χ3n) is 0.883. The van der Waals surface area contributed by atoms with E-state index in [0.717, 1.165) is 12.8 Å². The highest BCUT2D eigenvalue weighted by Crippen LogP contribution is 1.92. The molecule has 0 saturated carbocycles. The highest BCUT2D eigenvalue weighted by atomic mass is 16.6. The van der Waals surface area contributed by atoms with E-state index in [9.17, 15) is 0 Å². The zero-order chi connectivity index (χ0) is 7.11. The van der Waals surface area contributed by atoms with Crippen molar-refractivity contribution >= 4 is 12.6 Å². The van der Waals surface area contributed by atoms with Gasteiger partial charge in [-0.05, 0) is 6.42 Å². The molecule has 0 bridgehead atoms. The van der Waals surface area contributed by atoms with Gasteiger partial charge in [-0.15, -0.1) is 0 Å². The van der Waals surface area contributed by atoms with Gasteiger partial charge in [-0.1, -0.05) is 12.1 Å². The zero-order valence-corrected chi connectivity index (χ0v) is 5.92. The van der Waals surface area contributed by atoms with Crippen LogP contribution in [0.4, 0.5) is 0 Å². The van der Waals surface area contributed by atoms with Crippen molar-refractivity contribution < 1.29 is 4.84 Å². The number of hydrogen-bond acceptors (Lipinski definition) is 3. The molecular formula is C6H12N2O. The number of oxime groups is 1. The summed E-state index contributed by atoms with van der Waals surface area (Å²) in [5.41, 5.74) is 0. The minimum Gasteiger partial charge on any atom is -0.342 e. The maximum Gasteiger partial charge on any atom is 0.219 e. The molecule has 0 aromatic carbocycles. The minimum absolute atomic E-state index is 0.646. The molecule has 0 heterocycles. The SMILES string of the molecule is C=NOC(CCC)=NC. The molecule has 0 N–H and O–H groups in total. The molecule has 0 rings (SSSR count). The van der Waals surface area contributed by atoms with E-state index < -0.39 is 0 Å². The maximum atomic E-state index is 4.70. The molecular weight excluding hydrogens is 116 g/mol. The largest absolute Gasteiger partial charge is 0.342 e. The van der Waals surface area contributed by atoms with Gasteiger partial charge in [-0.3, -0.25) is 4.99 Å². The normalized spacial score (nSPS) is 11.1. The van der Waals surface area contributed by atoms with Gasteiger partial charge in [-0.2, -0.15) is 0 Å². The molecule has 0 aliphatic rings. The van der Waals surface area contributed by atoms with Crippen molar-refractivity contribution in [2.45, 2.75) is 19.8 Å². The van der Waals surface area contributed by atoms with Crippen LogP contribution in [0.3, 0.4) is 0 Å². The summed E-state index contributed by atoms with van der Waals surface area (Å²) >= 11 is 0. The molecule has 0 saturated heterocycles. The lowest BCUT2D eigenvalue weighted by Gasteiger charge is -1.97. The average molecular weight is 128 g/mol. The molecule has 0 aromatic heterocycles. The summed E-state index contributed by atoms with van der Waals surface area (Å²) in [5.74, 6) is 0.646. The monoisotopic (exact) mass is 128 g/mol. The summed E-state index contributed by atoms with van der Waals surface area (Å²) in [6.07, 6.45) is 1.84. The number of aliphatic imine (C=N–C) groups is 1. The highest BCUT2D eigenvalue weighted by molar-refractivity contribution is 5.75. The zero-order valence-electron chi connectivity index (χ0n) is 5.92. The van der Waals surface area contributed by atoms with Gasteiger partial charge >= 0.3 is 0 Å². The molecule has 0 aliphatic heterocycles. The topological polar surface area (TPSA) is 34.0 Å². The van der Waals surface area contributed by atoms with Crippen molar-refractivity contribution in [2.75, 3.05) is 7.05 Å². The quantitative estimate of drug-likeness (QED) is 0.322. The smallest absolute Gasteiger partial charge is 0.219 e. The van der Waals surface area contributed by atoms with Crippen molar-refractivity contribution in [1.29, 1.82) is 0 Å². The van der Waals surface area contributed by atoms with Crippen molar-refractivity contribution in [3.63, 3.8) is 0 Å². The van der Waals surface area contributed by atoms with E-state index in [1.165, 1.54) is 0 Å². The van der Waals surface area contributed by atoms with Gasteiger partial charge in [0.15, 0.2) is 0 Å². The molecule has 9 heavy (non-hydrogen) atoms. The van der Waals surface area contributed by atoms with E-state index in [0.29, 0.717) is 5.90 Å². The third-order valence-corrected chi connectivity index (χ3v) is 0.883. The van der Waals surface area contributed by atoms with E-state index in [1.807, 2.05) is 0 Å². The standard InChI is InChI=1S/C6H12N2O/c1-4-5-6(7-2)9-8-3/h3-5H2,1-2H3. The van der Waals surface area contributed by atoms with Gasteiger partial charge < -0.3 is 4.84 Å². The summed E-state index contributed by atoms with van der Waals surface area (Å²) in [4.78, 5) is 8.52. The molecule has 0 aromatic rings. The molecule has 0 aliphatic carbocycles. The first-order chi connectivity index (χ1) is 4.35. The molecule has 0 unspecified atom stereocenters. The van der Waals surface area contributed by atoms with Crippen molar-refractivity contribution in [1.82, 2.24) is 0 Å². The van der Waals surface area contributed by atoms with Crippen LogP contribution in [-0.2, 0) is 4.84 Å². The Morgan fingerprint density at radius 2 is 2.33 bits per heavy atom. The second-order valence-corrected chi connectivity index (χ2v) is 1.59. The second kappa shape index (κ2) is 5.28. The van der Waals surface area contributed by atoms with Gasteiger partial charge in [0.2, 0.25) is 5.90 Å². The van der Waals surface area contributed by atoms with Gasteiger partial charge in [0.05, 0.1) is 0 Å². The number of rotatable bonds is 3. The Kier molecular flexibility index (Phi) is 4.78. The van der Waals surface area contributed by atoms with Crippen molar-refractivity contribution in [2.24, 2.45) is 10.1 Å². The molecule has 0 fully saturated rings. The van der Waals surface area contributed by atoms with Crippen molar-refractivity contribution in [3.8, 4) is 0 Å². The first kappa shape index (κ1) is 8.14. The number of nitrogens with zero attached hydrogens (tertiary/aromatic N) is 2. The maximum absolute atomic E-state index is 4.70. The van der Waals surface area contributed by atoms with Gasteiger partial charge in [0.1, 0.15) is 0 Å². The summed E-state index contributed by atoms with van der Waals surface area (Å²) < 4.78 is 0. The fraction of sp³-hybridized carbons (Fsp3) is 0.667. The summed E-state index contributed by atoms with van der Waals surface area (Å²) in [6, 6.07) is 0. The molecule has 52 valence electrons. The summed E-state index contributed by atoms with van der Waals surface area (Å²) in [6.45, 7) is 5.23. The fourth-order valence-corrected chi connectivity index (χ4v) is 0.487. The Bertz CT molecular complexity index is 110. The van der Waals surface area contributed by atoms with E-state index in [1.54, 1.807) is 7.05 Å². The molecule has 0 radical (unpaired) electrons. The van der Waals surface area contributed by atoms with E-state index in [4.69, 9.17) is 4.84 Å². The lowest BCUT2D eigenvalue weighted by atomic mass is 10.3. The molecule has 0 amide bonds. The van der Waals surface area contributed by atoms with E-state index in [-0.39, 0.29) is 0 Å². The highest BCUT2D eigenvalue weighted by Gasteiger charge is 1.93. The van der Waals surface area contributed by atoms with Gasteiger partial charge in [0.25, 0.3) is 0 Å². The van der Waals surface area contributed by atoms with Crippen LogP contribution >= 0.6 is 0 Å². The average Bonchev–Trinajstić information content (AvgIpc) is 1.88. The summed E-state index contributed by atoms with van der Waals surface area (Å²) in [7, 11) is 1.68. The fourth-order valence-electron chi connectivity index (χ4n) is 0.487. The van der Waals surface area contributed by atoms with Crippen molar-refractivity contribution in [3.05, 3.63) is 0 Å². The lowest BCUT2D eigenvalue weighted by molar-refractivity contribution is 0.320. The van der Waals surface area contributed by atoms with Gasteiger partial charge in [0, 0.05) is 20.2 Å². The van der Waals surface area contributed by atoms with Crippen LogP contribution in [0.15, 0.2) is 10.1 Å². The Morgan fingerprint density at radius 1 is 1.67 bits per heavy atom. The van der Waals surface area contributed by atoms with Crippen LogP contribution in [-0.4, -0.2) is 19.7 Å². The van der Waals surface area contributed by atoms with Crippen LogP contribution in [0.2, 0.25) is 0 Å². The first-order valence-corrected chi connectivity index (χ1v) is 2.93. The lowest BCUT2D eigenvalue weighted by Crippen LogP contribution is -1.98. The minimum atomic E-state index is 0.646. The second-order valence-electron chi connectivity index (χ2n) is 1.59. The van der Waals surface area contributed by atoms with Crippen LogP contribution in [0.25, 0.3) is 0 Å². The molecule has 3 nitrogen and oxygen atoms in total.